The van der Waals surface area contributed by atoms with Gasteiger partial charge in [-0.05, 0) is 18.8 Å². The van der Waals surface area contributed by atoms with E-state index in [0.29, 0.717) is 5.92 Å². The molecule has 1 heterocycles. The average Bonchev–Trinajstić information content (AvgIpc) is 2.20. The Bertz CT molecular complexity index is 252. The summed E-state index contributed by atoms with van der Waals surface area (Å²) in [6, 6.07) is 0. The van der Waals surface area contributed by atoms with E-state index in [9.17, 15) is 0 Å². The van der Waals surface area contributed by atoms with Crippen LogP contribution in [-0.4, -0.2) is 15.0 Å². The van der Waals surface area contributed by atoms with Gasteiger partial charge in [0, 0.05) is 5.92 Å². The van der Waals surface area contributed by atoms with E-state index >= 15 is 0 Å². The zero-order valence-corrected chi connectivity index (χ0v) is 7.98. The average molecular weight is 177 g/mol. The molecule has 13 heavy (non-hydrogen) atoms. The second kappa shape index (κ2) is 3.81. The maximum Gasteiger partial charge on any atom is 0.135 e. The van der Waals surface area contributed by atoms with Gasteiger partial charge in [-0.1, -0.05) is 19.8 Å². The SMILES string of the molecule is CC1CCC(c2ncncn2)CC1. The molecule has 0 radical (unpaired) electrons. The zero-order chi connectivity index (χ0) is 9.10. The lowest BCUT2D eigenvalue weighted by Gasteiger charge is -2.24. The Kier molecular flexibility index (Phi) is 2.52. The van der Waals surface area contributed by atoms with E-state index in [-0.39, 0.29) is 0 Å². The van der Waals surface area contributed by atoms with Gasteiger partial charge in [-0.3, -0.25) is 0 Å². The van der Waals surface area contributed by atoms with Crippen molar-refractivity contribution in [3.8, 4) is 0 Å². The third-order valence-electron chi connectivity index (χ3n) is 2.89. The van der Waals surface area contributed by atoms with E-state index in [1.165, 1.54) is 25.7 Å². The molecule has 0 bridgehead atoms. The van der Waals surface area contributed by atoms with Crippen LogP contribution < -0.4 is 0 Å². The van der Waals surface area contributed by atoms with Crippen LogP contribution in [-0.2, 0) is 0 Å². The number of hydrogen-bond donors (Lipinski definition) is 0. The molecule has 2 rings (SSSR count). The van der Waals surface area contributed by atoms with Crippen molar-refractivity contribution < 1.29 is 0 Å². The summed E-state index contributed by atoms with van der Waals surface area (Å²) in [6.07, 6.45) is 8.31. The minimum absolute atomic E-state index is 0.583. The van der Waals surface area contributed by atoms with Crippen LogP contribution in [0.4, 0.5) is 0 Å². The molecular formula is C10H15N3. The Morgan fingerprint density at radius 1 is 1.08 bits per heavy atom. The molecule has 1 aliphatic carbocycles. The fourth-order valence-corrected chi connectivity index (χ4v) is 1.98. The maximum absolute atomic E-state index is 4.21. The van der Waals surface area contributed by atoms with E-state index < -0.39 is 0 Å². The molecule has 3 heteroatoms. The first-order chi connectivity index (χ1) is 6.36. The lowest BCUT2D eigenvalue weighted by Crippen LogP contribution is -2.13. The first kappa shape index (κ1) is 8.60. The molecule has 0 aliphatic heterocycles. The normalized spacial score (nSPS) is 28.7. The van der Waals surface area contributed by atoms with Crippen molar-refractivity contribution in [1.82, 2.24) is 15.0 Å². The topological polar surface area (TPSA) is 38.7 Å². The van der Waals surface area contributed by atoms with Crippen LogP contribution in [0.25, 0.3) is 0 Å². The van der Waals surface area contributed by atoms with Crippen LogP contribution in [0.15, 0.2) is 12.7 Å². The molecule has 1 aliphatic rings. The van der Waals surface area contributed by atoms with E-state index in [4.69, 9.17) is 0 Å². The third kappa shape index (κ3) is 2.02. The molecule has 1 fully saturated rings. The molecule has 0 spiro atoms. The fourth-order valence-electron chi connectivity index (χ4n) is 1.98. The van der Waals surface area contributed by atoms with Crippen molar-refractivity contribution in [3.63, 3.8) is 0 Å². The molecule has 1 saturated carbocycles. The van der Waals surface area contributed by atoms with E-state index in [1.807, 2.05) is 0 Å². The Morgan fingerprint density at radius 2 is 1.69 bits per heavy atom. The van der Waals surface area contributed by atoms with Gasteiger partial charge in [-0.2, -0.15) is 0 Å². The molecule has 0 N–H and O–H groups in total. The van der Waals surface area contributed by atoms with Crippen LogP contribution in [0.3, 0.4) is 0 Å². The predicted molar refractivity (Wildman–Crippen MR) is 50.2 cm³/mol. The second-order valence-electron chi connectivity index (χ2n) is 3.95. The minimum atomic E-state index is 0.583. The molecule has 1 aromatic heterocycles. The standard InChI is InChI=1S/C10H15N3/c1-8-2-4-9(5-3-8)10-12-6-11-7-13-10/h6-9H,2-5H2,1H3. The summed E-state index contributed by atoms with van der Waals surface area (Å²) in [5, 5.41) is 0. The van der Waals surface area contributed by atoms with Gasteiger partial charge in [-0.25, -0.2) is 15.0 Å². The number of aromatic nitrogens is 3. The fraction of sp³-hybridized carbons (Fsp3) is 0.700. The van der Waals surface area contributed by atoms with Crippen molar-refractivity contribution >= 4 is 0 Å². The minimum Gasteiger partial charge on any atom is -0.225 e. The van der Waals surface area contributed by atoms with E-state index in [2.05, 4.69) is 21.9 Å². The first-order valence-electron chi connectivity index (χ1n) is 4.98. The molecule has 0 atom stereocenters. The van der Waals surface area contributed by atoms with Gasteiger partial charge < -0.3 is 0 Å². The number of rotatable bonds is 1. The third-order valence-corrected chi connectivity index (χ3v) is 2.89. The molecular weight excluding hydrogens is 162 g/mol. The lowest BCUT2D eigenvalue weighted by molar-refractivity contribution is 0.339. The van der Waals surface area contributed by atoms with Crippen LogP contribution in [0, 0.1) is 5.92 Å². The summed E-state index contributed by atoms with van der Waals surface area (Å²) in [6.45, 7) is 2.32. The van der Waals surface area contributed by atoms with Gasteiger partial charge in [0.1, 0.15) is 18.5 Å². The van der Waals surface area contributed by atoms with Gasteiger partial charge in [-0.15, -0.1) is 0 Å². The highest BCUT2D eigenvalue weighted by Crippen LogP contribution is 2.33. The maximum atomic E-state index is 4.21. The molecule has 70 valence electrons. The number of nitrogens with zero attached hydrogens (tertiary/aromatic N) is 3. The second-order valence-corrected chi connectivity index (χ2v) is 3.95. The van der Waals surface area contributed by atoms with Crippen molar-refractivity contribution in [2.45, 2.75) is 38.5 Å². The summed E-state index contributed by atoms with van der Waals surface area (Å²) < 4.78 is 0. The van der Waals surface area contributed by atoms with Crippen molar-refractivity contribution in [3.05, 3.63) is 18.5 Å². The predicted octanol–water partition coefficient (Wildman–Crippen LogP) is 2.17. The highest BCUT2D eigenvalue weighted by molar-refractivity contribution is 4.95. The highest BCUT2D eigenvalue weighted by atomic mass is 15.0. The van der Waals surface area contributed by atoms with E-state index in [0.717, 1.165) is 11.7 Å². The monoisotopic (exact) mass is 177 g/mol. The zero-order valence-electron chi connectivity index (χ0n) is 7.98. The quantitative estimate of drug-likeness (QED) is 0.659. The summed E-state index contributed by atoms with van der Waals surface area (Å²) in [5.74, 6) is 2.46. The summed E-state index contributed by atoms with van der Waals surface area (Å²) in [5.41, 5.74) is 0. The summed E-state index contributed by atoms with van der Waals surface area (Å²) in [7, 11) is 0. The van der Waals surface area contributed by atoms with Crippen molar-refractivity contribution in [2.24, 2.45) is 5.92 Å². The van der Waals surface area contributed by atoms with Crippen LogP contribution >= 0.6 is 0 Å². The molecule has 0 saturated heterocycles. The Morgan fingerprint density at radius 3 is 2.31 bits per heavy atom. The van der Waals surface area contributed by atoms with Gasteiger partial charge in [0.05, 0.1) is 0 Å². The van der Waals surface area contributed by atoms with Gasteiger partial charge in [0.15, 0.2) is 0 Å². The van der Waals surface area contributed by atoms with E-state index in [1.54, 1.807) is 12.7 Å². The first-order valence-corrected chi connectivity index (χ1v) is 4.98. The summed E-state index contributed by atoms with van der Waals surface area (Å²) >= 11 is 0. The van der Waals surface area contributed by atoms with Crippen LogP contribution in [0.1, 0.15) is 44.3 Å². The van der Waals surface area contributed by atoms with Crippen molar-refractivity contribution in [1.29, 1.82) is 0 Å². The highest BCUT2D eigenvalue weighted by Gasteiger charge is 2.21. The van der Waals surface area contributed by atoms with Gasteiger partial charge in [0.2, 0.25) is 0 Å². The summed E-state index contributed by atoms with van der Waals surface area (Å²) in [4.78, 5) is 12.2. The Balaban J connectivity index is 2.03. The Labute approximate surface area is 78.6 Å². The molecule has 3 nitrogen and oxygen atoms in total. The van der Waals surface area contributed by atoms with Crippen molar-refractivity contribution in [2.75, 3.05) is 0 Å². The molecule has 0 aromatic carbocycles. The Hall–Kier alpha value is -0.990. The van der Waals surface area contributed by atoms with Gasteiger partial charge in [0.25, 0.3) is 0 Å². The molecule has 0 amide bonds. The lowest BCUT2D eigenvalue weighted by atomic mass is 9.83. The smallest absolute Gasteiger partial charge is 0.135 e. The molecule has 0 unspecified atom stereocenters. The number of hydrogen-bond acceptors (Lipinski definition) is 3. The molecule has 1 aromatic rings. The van der Waals surface area contributed by atoms with Crippen LogP contribution in [0.2, 0.25) is 0 Å². The van der Waals surface area contributed by atoms with Crippen LogP contribution in [0.5, 0.6) is 0 Å². The largest absolute Gasteiger partial charge is 0.225 e. The van der Waals surface area contributed by atoms with Gasteiger partial charge >= 0.3 is 0 Å².